The number of carbonyl (C=O) groups excluding carboxylic acids is 3. The molecular formula is C25H27F6N5O4. The Morgan fingerprint density at radius 3 is 2.45 bits per heavy atom. The van der Waals surface area contributed by atoms with Gasteiger partial charge >= 0.3 is 6.18 Å². The Morgan fingerprint density at radius 2 is 1.85 bits per heavy atom. The van der Waals surface area contributed by atoms with E-state index in [-0.39, 0.29) is 46.6 Å². The Morgan fingerprint density at radius 1 is 1.15 bits per heavy atom. The summed E-state index contributed by atoms with van der Waals surface area (Å²) in [4.78, 5) is 38.2. The fraction of sp³-hybridized carbons (Fsp3) is 0.480. The van der Waals surface area contributed by atoms with Crippen LogP contribution in [0.15, 0.2) is 28.4 Å². The van der Waals surface area contributed by atoms with Crippen LogP contribution in [0.3, 0.4) is 0 Å². The highest BCUT2D eigenvalue weighted by Gasteiger charge is 2.36. The van der Waals surface area contributed by atoms with Gasteiger partial charge in [0, 0.05) is 12.8 Å². The quantitative estimate of drug-likeness (QED) is 0.302. The summed E-state index contributed by atoms with van der Waals surface area (Å²) >= 11 is 0. The number of carbonyl (C=O) groups is 3. The lowest BCUT2D eigenvalue weighted by Crippen LogP contribution is -2.46. The van der Waals surface area contributed by atoms with Gasteiger partial charge in [0.05, 0.1) is 11.6 Å². The molecule has 218 valence electrons. The number of halogens is 6. The second-order valence-electron chi connectivity index (χ2n) is 9.39. The first kappa shape index (κ1) is 30.6. The van der Waals surface area contributed by atoms with Crippen molar-refractivity contribution in [3.8, 4) is 0 Å². The van der Waals surface area contributed by atoms with Gasteiger partial charge in [0.2, 0.25) is 5.91 Å². The second kappa shape index (κ2) is 12.1. The maximum atomic E-state index is 15.0. The molecule has 1 aromatic carbocycles. The van der Waals surface area contributed by atoms with Crippen molar-refractivity contribution in [2.45, 2.75) is 70.5 Å². The molecular weight excluding hydrogens is 548 g/mol. The molecule has 0 spiro atoms. The van der Waals surface area contributed by atoms with Crippen molar-refractivity contribution in [2.24, 2.45) is 0 Å². The van der Waals surface area contributed by atoms with Crippen molar-refractivity contribution < 1.29 is 45.4 Å². The van der Waals surface area contributed by atoms with E-state index in [4.69, 9.17) is 0 Å². The number of hydrogen-bond acceptors (Lipinski definition) is 6. The predicted molar refractivity (Wildman–Crippen MR) is 129 cm³/mol. The summed E-state index contributed by atoms with van der Waals surface area (Å²) in [5.74, 6) is -7.92. The Labute approximate surface area is 224 Å². The number of nitrogens with one attached hydrogen (secondary N) is 3. The van der Waals surface area contributed by atoms with Crippen molar-refractivity contribution in [1.82, 2.24) is 20.9 Å². The van der Waals surface area contributed by atoms with Crippen molar-refractivity contribution in [1.29, 1.82) is 0 Å². The molecule has 0 radical (unpaired) electrons. The average molecular weight is 576 g/mol. The van der Waals surface area contributed by atoms with Crippen LogP contribution < -0.4 is 16.0 Å². The largest absolute Gasteiger partial charge is 0.405 e. The van der Waals surface area contributed by atoms with Crippen LogP contribution in [0.5, 0.6) is 0 Å². The predicted octanol–water partition coefficient (Wildman–Crippen LogP) is 4.34. The zero-order valence-corrected chi connectivity index (χ0v) is 21.7. The van der Waals surface area contributed by atoms with E-state index in [1.54, 1.807) is 12.2 Å². The third-order valence-corrected chi connectivity index (χ3v) is 6.39. The Hall–Kier alpha value is -3.91. The first-order valence-corrected chi connectivity index (χ1v) is 12.3. The molecule has 0 fully saturated rings. The van der Waals surface area contributed by atoms with Gasteiger partial charge < -0.3 is 16.0 Å². The van der Waals surface area contributed by atoms with E-state index >= 15 is 4.39 Å². The Bertz CT molecular complexity index is 1310. The maximum Gasteiger partial charge on any atom is 0.405 e. The summed E-state index contributed by atoms with van der Waals surface area (Å²) in [6, 6.07) is 0.608. The molecule has 0 bridgehead atoms. The number of alkyl halides is 5. The lowest BCUT2D eigenvalue weighted by molar-refractivity contribution is -0.139. The van der Waals surface area contributed by atoms with Gasteiger partial charge in [0.1, 0.15) is 24.1 Å². The minimum atomic E-state index is -4.62. The van der Waals surface area contributed by atoms with Crippen LogP contribution in [0, 0.1) is 12.7 Å². The van der Waals surface area contributed by atoms with Crippen molar-refractivity contribution in [2.75, 3.05) is 11.9 Å². The van der Waals surface area contributed by atoms with Gasteiger partial charge in [-0.25, -0.2) is 17.8 Å². The van der Waals surface area contributed by atoms with Gasteiger partial charge in [0.15, 0.2) is 5.69 Å². The number of allylic oxidation sites excluding steroid dienone is 1. The average Bonchev–Trinajstić information content (AvgIpc) is 3.36. The summed E-state index contributed by atoms with van der Waals surface area (Å²) in [5, 5.41) is 13.6. The standard InChI is InChI=1S/C25H27F6N5O4/c1-4-17-20(36-40-35-17)23(39)34-19(14-5-7-24(27,28)8-6-14)22(38)33-18-9-12(2)15(10-16(18)26)13(3)21(37)32-11-25(29,30)31/h5,9-10,13,19H,4,6-8,11H2,1-3H3,(H,32,37)(H,33,38)(H,34,39)/t13?,19-/m0/s1. The maximum absolute atomic E-state index is 15.0. The van der Waals surface area contributed by atoms with E-state index in [2.05, 4.69) is 25.6 Å². The van der Waals surface area contributed by atoms with Crippen LogP contribution in [0.4, 0.5) is 32.0 Å². The zero-order chi connectivity index (χ0) is 29.8. The summed E-state index contributed by atoms with van der Waals surface area (Å²) < 4.78 is 84.4. The van der Waals surface area contributed by atoms with Crippen molar-refractivity contribution in [3.05, 3.63) is 52.1 Å². The highest BCUT2D eigenvalue weighted by molar-refractivity contribution is 6.02. The van der Waals surface area contributed by atoms with Gasteiger partial charge in [0.25, 0.3) is 17.7 Å². The van der Waals surface area contributed by atoms with Crippen LogP contribution in [-0.4, -0.2) is 52.7 Å². The molecule has 1 unspecified atom stereocenters. The highest BCUT2D eigenvalue weighted by atomic mass is 19.4. The van der Waals surface area contributed by atoms with E-state index in [9.17, 15) is 36.3 Å². The van der Waals surface area contributed by atoms with Crippen molar-refractivity contribution in [3.63, 3.8) is 0 Å². The minimum Gasteiger partial charge on any atom is -0.346 e. The molecule has 3 amide bonds. The SMILES string of the molecule is CCc1nonc1C(=O)N[C@H](C(=O)Nc1cc(C)c(C(C)C(=O)NCC(F)(F)F)cc1F)C1=CCC(F)(F)CC1. The number of amides is 3. The Balaban J connectivity index is 1.84. The number of nitrogens with zero attached hydrogens (tertiary/aromatic N) is 2. The van der Waals surface area contributed by atoms with Crippen LogP contribution in [0.25, 0.3) is 0 Å². The monoisotopic (exact) mass is 575 g/mol. The first-order valence-electron chi connectivity index (χ1n) is 12.3. The minimum absolute atomic E-state index is 0.0860. The van der Waals surface area contributed by atoms with Crippen LogP contribution >= 0.6 is 0 Å². The molecule has 3 rings (SSSR count). The van der Waals surface area contributed by atoms with Gasteiger partial charge in [-0.3, -0.25) is 14.4 Å². The summed E-state index contributed by atoms with van der Waals surface area (Å²) in [5.41, 5.74) is 0.188. The Kier molecular flexibility index (Phi) is 9.25. The summed E-state index contributed by atoms with van der Waals surface area (Å²) in [6.07, 6.45) is -4.66. The summed E-state index contributed by atoms with van der Waals surface area (Å²) in [6.45, 7) is 2.89. The lowest BCUT2D eigenvalue weighted by Gasteiger charge is -2.27. The molecule has 1 aliphatic carbocycles. The molecule has 1 aromatic heterocycles. The number of rotatable bonds is 9. The third-order valence-electron chi connectivity index (χ3n) is 6.39. The molecule has 15 heteroatoms. The van der Waals surface area contributed by atoms with Gasteiger partial charge in [-0.15, -0.1) is 0 Å². The molecule has 9 nitrogen and oxygen atoms in total. The molecule has 0 saturated carbocycles. The normalized spacial score (nSPS) is 16.5. The third kappa shape index (κ3) is 7.60. The molecule has 3 N–H and O–H groups in total. The van der Waals surface area contributed by atoms with Gasteiger partial charge in [-0.2, -0.15) is 13.2 Å². The lowest BCUT2D eigenvalue weighted by atomic mass is 9.90. The molecule has 40 heavy (non-hydrogen) atoms. The number of aromatic nitrogens is 2. The number of benzene rings is 1. The van der Waals surface area contributed by atoms with E-state index in [0.29, 0.717) is 0 Å². The first-order chi connectivity index (χ1) is 18.6. The number of hydrogen-bond donors (Lipinski definition) is 3. The van der Waals surface area contributed by atoms with E-state index in [0.717, 1.165) is 12.1 Å². The molecule has 2 atom stereocenters. The topological polar surface area (TPSA) is 126 Å². The smallest absolute Gasteiger partial charge is 0.346 e. The number of aryl methyl sites for hydroxylation is 2. The second-order valence-corrected chi connectivity index (χ2v) is 9.39. The van der Waals surface area contributed by atoms with Crippen LogP contribution in [0.2, 0.25) is 0 Å². The van der Waals surface area contributed by atoms with E-state index in [1.807, 2.05) is 0 Å². The van der Waals surface area contributed by atoms with Gasteiger partial charge in [-0.05, 0) is 60.7 Å². The van der Waals surface area contributed by atoms with E-state index < -0.39 is 67.0 Å². The number of anilines is 1. The van der Waals surface area contributed by atoms with Crippen LogP contribution in [-0.2, 0) is 16.0 Å². The van der Waals surface area contributed by atoms with Crippen LogP contribution in [0.1, 0.15) is 66.3 Å². The zero-order valence-electron chi connectivity index (χ0n) is 21.7. The van der Waals surface area contributed by atoms with Gasteiger partial charge in [-0.1, -0.05) is 18.2 Å². The molecule has 0 aliphatic heterocycles. The van der Waals surface area contributed by atoms with Crippen molar-refractivity contribution >= 4 is 23.4 Å². The fourth-order valence-corrected chi connectivity index (χ4v) is 4.16. The molecule has 2 aromatic rings. The summed E-state index contributed by atoms with van der Waals surface area (Å²) in [7, 11) is 0. The molecule has 0 saturated heterocycles. The van der Waals surface area contributed by atoms with E-state index in [1.165, 1.54) is 19.9 Å². The highest BCUT2D eigenvalue weighted by Crippen LogP contribution is 2.34. The molecule has 1 heterocycles. The molecule has 1 aliphatic rings. The fourth-order valence-electron chi connectivity index (χ4n) is 4.16.